The second kappa shape index (κ2) is 7.57. The topological polar surface area (TPSA) is 51.2 Å². The van der Waals surface area contributed by atoms with Crippen LogP contribution in [0.1, 0.15) is 27.0 Å². The Kier molecular flexibility index (Phi) is 4.52. The number of fused-ring (bicyclic) bond motifs is 2. The second-order valence-corrected chi connectivity index (χ2v) is 9.21. The van der Waals surface area contributed by atoms with E-state index in [0.717, 1.165) is 32.9 Å². The van der Waals surface area contributed by atoms with E-state index in [4.69, 9.17) is 9.72 Å². The van der Waals surface area contributed by atoms with Gasteiger partial charge in [-0.15, -0.1) is 11.3 Å². The summed E-state index contributed by atoms with van der Waals surface area (Å²) in [5.74, 6) is -0.330. The maximum atomic E-state index is 12.7. The molecule has 1 aromatic heterocycles. The van der Waals surface area contributed by atoms with E-state index in [9.17, 15) is 4.79 Å². The number of ether oxygens (including phenoxy) is 1. The number of thiazole rings is 1. The van der Waals surface area contributed by atoms with Crippen LogP contribution in [-0.2, 0) is 10.5 Å². The van der Waals surface area contributed by atoms with Gasteiger partial charge in [-0.25, -0.2) is 9.78 Å². The average molecular weight is 449 g/mol. The molecule has 160 valence electrons. The molecule has 0 radical (unpaired) electrons. The van der Waals surface area contributed by atoms with E-state index < -0.39 is 5.72 Å². The molecule has 0 saturated carbocycles. The summed E-state index contributed by atoms with van der Waals surface area (Å²) in [5.41, 5.74) is 5.33. The Bertz CT molecular complexity index is 1490. The molecular weight excluding hydrogens is 428 g/mol. The monoisotopic (exact) mass is 448 g/mol. The molecule has 0 fully saturated rings. The Labute approximate surface area is 195 Å². The maximum Gasteiger partial charge on any atom is 0.341 e. The lowest BCUT2D eigenvalue weighted by Gasteiger charge is -2.31. The van der Waals surface area contributed by atoms with E-state index in [0.29, 0.717) is 5.56 Å². The van der Waals surface area contributed by atoms with Crippen LogP contribution in [-0.4, -0.2) is 11.0 Å². The van der Waals surface area contributed by atoms with Crippen molar-refractivity contribution in [2.24, 2.45) is 0 Å². The van der Waals surface area contributed by atoms with Crippen molar-refractivity contribution in [1.29, 1.82) is 0 Å². The van der Waals surface area contributed by atoms with Gasteiger partial charge in [-0.1, -0.05) is 54.6 Å². The van der Waals surface area contributed by atoms with Crippen molar-refractivity contribution in [1.82, 2.24) is 4.98 Å². The maximum absolute atomic E-state index is 12.7. The van der Waals surface area contributed by atoms with E-state index in [-0.39, 0.29) is 5.97 Å². The van der Waals surface area contributed by atoms with Crippen molar-refractivity contribution in [2.75, 3.05) is 5.32 Å². The highest BCUT2D eigenvalue weighted by molar-refractivity contribution is 7.21. The van der Waals surface area contributed by atoms with Gasteiger partial charge >= 0.3 is 5.97 Å². The molecule has 6 rings (SSSR count). The first kappa shape index (κ1) is 19.7. The summed E-state index contributed by atoms with van der Waals surface area (Å²) in [6.45, 7) is 2.09. The number of benzene rings is 4. The fourth-order valence-electron chi connectivity index (χ4n) is 4.32. The number of nitrogens with zero attached hydrogens (tertiary/aromatic N) is 1. The van der Waals surface area contributed by atoms with Gasteiger partial charge in [0, 0.05) is 22.4 Å². The number of aromatic nitrogens is 1. The molecule has 1 atom stereocenters. The number of aryl methyl sites for hydroxylation is 1. The van der Waals surface area contributed by atoms with Crippen LogP contribution in [0, 0.1) is 6.92 Å². The third-order valence-corrected chi connectivity index (χ3v) is 7.02. The fraction of sp³-hybridized carbons (Fsp3) is 0.0714. The Morgan fingerprint density at radius 3 is 2.45 bits per heavy atom. The molecule has 5 aromatic rings. The molecule has 0 bridgehead atoms. The minimum Gasteiger partial charge on any atom is -0.427 e. The van der Waals surface area contributed by atoms with E-state index in [1.54, 1.807) is 11.3 Å². The minimum atomic E-state index is -1.08. The molecule has 33 heavy (non-hydrogen) atoms. The van der Waals surface area contributed by atoms with Crippen LogP contribution < -0.4 is 5.32 Å². The summed E-state index contributed by atoms with van der Waals surface area (Å²) >= 11 is 1.69. The zero-order valence-corrected chi connectivity index (χ0v) is 18.7. The minimum absolute atomic E-state index is 0.330. The number of anilines is 1. The fourth-order valence-corrected chi connectivity index (χ4v) is 5.39. The van der Waals surface area contributed by atoms with Crippen molar-refractivity contribution in [3.63, 3.8) is 0 Å². The van der Waals surface area contributed by atoms with E-state index in [1.165, 1.54) is 10.3 Å². The Balaban J connectivity index is 1.38. The molecule has 0 aliphatic carbocycles. The molecule has 2 heterocycles. The lowest BCUT2D eigenvalue weighted by molar-refractivity contribution is 0.0212. The molecule has 1 N–H and O–H groups in total. The lowest BCUT2D eigenvalue weighted by atomic mass is 9.92. The first-order valence-corrected chi connectivity index (χ1v) is 11.6. The van der Waals surface area contributed by atoms with Crippen LogP contribution in [0.4, 0.5) is 5.69 Å². The van der Waals surface area contributed by atoms with E-state index in [2.05, 4.69) is 30.4 Å². The Morgan fingerprint density at radius 1 is 0.879 bits per heavy atom. The van der Waals surface area contributed by atoms with Crippen molar-refractivity contribution in [3.8, 4) is 10.6 Å². The highest BCUT2D eigenvalue weighted by Crippen LogP contribution is 2.42. The predicted molar refractivity (Wildman–Crippen MR) is 132 cm³/mol. The molecular formula is C28H20N2O2S. The molecule has 0 amide bonds. The van der Waals surface area contributed by atoms with Gasteiger partial charge in [-0.2, -0.15) is 0 Å². The Morgan fingerprint density at radius 2 is 1.64 bits per heavy atom. The first-order chi connectivity index (χ1) is 16.1. The number of carbonyl (C=O) groups is 1. The molecule has 5 heteroatoms. The molecule has 1 aliphatic heterocycles. The zero-order valence-electron chi connectivity index (χ0n) is 17.9. The van der Waals surface area contributed by atoms with Crippen molar-refractivity contribution in [2.45, 2.75) is 12.6 Å². The summed E-state index contributed by atoms with van der Waals surface area (Å²) in [7, 11) is 0. The third-order valence-electron chi connectivity index (χ3n) is 5.95. The quantitative estimate of drug-likeness (QED) is 0.309. The Hall–Kier alpha value is -3.96. The van der Waals surface area contributed by atoms with E-state index in [1.807, 2.05) is 78.9 Å². The molecule has 4 aromatic carbocycles. The number of esters is 1. The van der Waals surface area contributed by atoms with Crippen LogP contribution in [0.5, 0.6) is 0 Å². The van der Waals surface area contributed by atoms with Gasteiger partial charge in [-0.3, -0.25) is 0 Å². The highest BCUT2D eigenvalue weighted by atomic mass is 32.1. The van der Waals surface area contributed by atoms with Crippen molar-refractivity contribution < 1.29 is 9.53 Å². The molecule has 0 saturated heterocycles. The van der Waals surface area contributed by atoms with Crippen LogP contribution in [0.15, 0.2) is 97.1 Å². The van der Waals surface area contributed by atoms with Gasteiger partial charge < -0.3 is 10.1 Å². The summed E-state index contributed by atoms with van der Waals surface area (Å²) in [5, 5.41) is 4.49. The predicted octanol–water partition coefficient (Wildman–Crippen LogP) is 6.76. The third kappa shape index (κ3) is 3.29. The number of hydrogen-bond acceptors (Lipinski definition) is 5. The lowest BCUT2D eigenvalue weighted by Crippen LogP contribution is -2.36. The first-order valence-electron chi connectivity index (χ1n) is 10.8. The number of carbonyl (C=O) groups excluding carboxylic acids is 1. The van der Waals surface area contributed by atoms with Gasteiger partial charge in [0.2, 0.25) is 5.72 Å². The van der Waals surface area contributed by atoms with Gasteiger partial charge in [0.05, 0.1) is 15.8 Å². The highest BCUT2D eigenvalue weighted by Gasteiger charge is 2.47. The standard InChI is InChI=1S/C28H20N2O2S/c1-18-11-16-24-25(17-18)33-26(29-24)19-12-14-21(15-13-19)30-28(20-7-3-2-4-8-20)23-10-6-5-9-22(23)27(31)32-28/h2-17,30H,1H3/t28-/m1/s1. The van der Waals surface area contributed by atoms with Crippen molar-refractivity contribution >= 4 is 33.2 Å². The molecule has 4 nitrogen and oxygen atoms in total. The van der Waals surface area contributed by atoms with Crippen molar-refractivity contribution in [3.05, 3.63) is 119 Å². The van der Waals surface area contributed by atoms with Crippen LogP contribution >= 0.6 is 11.3 Å². The van der Waals surface area contributed by atoms with Gasteiger partial charge in [-0.05, 0) is 55.0 Å². The van der Waals surface area contributed by atoms with Gasteiger partial charge in [0.25, 0.3) is 0 Å². The number of hydrogen-bond donors (Lipinski definition) is 1. The average Bonchev–Trinajstić information content (AvgIpc) is 3.39. The van der Waals surface area contributed by atoms with Crippen LogP contribution in [0.2, 0.25) is 0 Å². The summed E-state index contributed by atoms with van der Waals surface area (Å²) < 4.78 is 7.20. The number of rotatable bonds is 4. The smallest absolute Gasteiger partial charge is 0.341 e. The number of nitrogens with one attached hydrogen (secondary N) is 1. The van der Waals surface area contributed by atoms with Crippen LogP contribution in [0.25, 0.3) is 20.8 Å². The molecule has 0 spiro atoms. The second-order valence-electron chi connectivity index (χ2n) is 8.17. The number of cyclic esters (lactones) is 1. The summed E-state index contributed by atoms with van der Waals surface area (Å²) in [6.07, 6.45) is 0. The summed E-state index contributed by atoms with van der Waals surface area (Å²) in [4.78, 5) is 17.5. The summed E-state index contributed by atoms with van der Waals surface area (Å²) in [6, 6.07) is 31.8. The van der Waals surface area contributed by atoms with Crippen LogP contribution in [0.3, 0.4) is 0 Å². The van der Waals surface area contributed by atoms with E-state index >= 15 is 0 Å². The van der Waals surface area contributed by atoms with Gasteiger partial charge in [0.1, 0.15) is 5.01 Å². The zero-order chi connectivity index (χ0) is 22.4. The SMILES string of the molecule is Cc1ccc2nc(-c3ccc(N[C@]4(c5ccccc5)OC(=O)c5ccccc54)cc3)sc2c1. The largest absolute Gasteiger partial charge is 0.427 e. The van der Waals surface area contributed by atoms with Gasteiger partial charge in [0.15, 0.2) is 0 Å². The molecule has 1 aliphatic rings. The molecule has 0 unspecified atom stereocenters. The normalized spacial score (nSPS) is 17.1.